The Balaban J connectivity index is 1.89. The van der Waals surface area contributed by atoms with Gasteiger partial charge < -0.3 is 0 Å². The minimum absolute atomic E-state index is 0.291. The van der Waals surface area contributed by atoms with Crippen molar-refractivity contribution in [3.8, 4) is 0 Å². The van der Waals surface area contributed by atoms with Crippen LogP contribution in [0.25, 0.3) is 16.3 Å². The second-order valence-electron chi connectivity index (χ2n) is 8.15. The van der Waals surface area contributed by atoms with E-state index in [0.717, 1.165) is 33.0 Å². The van der Waals surface area contributed by atoms with E-state index in [2.05, 4.69) is 30.2 Å². The van der Waals surface area contributed by atoms with Gasteiger partial charge in [0.05, 0.1) is 6.61 Å². The largest absolute Gasteiger partial charge is 0.523 e. The highest BCUT2D eigenvalue weighted by atomic mass is 32.2. The Kier molecular flexibility index (Phi) is 5.02. The van der Waals surface area contributed by atoms with Crippen LogP contribution < -0.4 is 0 Å². The normalized spacial score (nSPS) is 16.1. The van der Waals surface area contributed by atoms with Gasteiger partial charge >= 0.3 is 15.6 Å². The Hall–Kier alpha value is -2.64. The fourth-order valence-electron chi connectivity index (χ4n) is 4.20. The van der Waals surface area contributed by atoms with Gasteiger partial charge in [-0.15, -0.1) is 0 Å². The maximum absolute atomic E-state index is 12.8. The predicted octanol–water partition coefficient (Wildman–Crippen LogP) is 6.32. The summed E-state index contributed by atoms with van der Waals surface area (Å²) in [5.74, 6) is 0. The highest BCUT2D eigenvalue weighted by molar-refractivity contribution is 7.87. The molecule has 0 heterocycles. The average molecular weight is 446 g/mol. The van der Waals surface area contributed by atoms with Crippen LogP contribution in [0.15, 0.2) is 66.2 Å². The van der Waals surface area contributed by atoms with E-state index < -0.39 is 22.2 Å². The molecule has 3 nitrogen and oxygen atoms in total. The van der Waals surface area contributed by atoms with Crippen LogP contribution in [0.5, 0.6) is 0 Å². The Morgan fingerprint density at radius 3 is 2.29 bits per heavy atom. The Morgan fingerprint density at radius 1 is 0.935 bits per heavy atom. The van der Waals surface area contributed by atoms with Crippen LogP contribution >= 0.6 is 0 Å². The fourth-order valence-corrected chi connectivity index (χ4v) is 4.61. The molecule has 0 aromatic heterocycles. The Bertz CT molecular complexity index is 1320. The number of fused-ring (bicyclic) bond motifs is 3. The van der Waals surface area contributed by atoms with Crippen LogP contribution in [0.4, 0.5) is 13.2 Å². The summed E-state index contributed by atoms with van der Waals surface area (Å²) in [6.07, 6.45) is 0. The van der Waals surface area contributed by atoms with E-state index in [1.807, 2.05) is 31.2 Å². The summed E-state index contributed by atoms with van der Waals surface area (Å²) in [4.78, 5) is 0. The molecule has 3 aromatic carbocycles. The van der Waals surface area contributed by atoms with Gasteiger partial charge in [-0.05, 0) is 45.5 Å². The van der Waals surface area contributed by atoms with Gasteiger partial charge in [0.15, 0.2) is 0 Å². The van der Waals surface area contributed by atoms with Gasteiger partial charge in [-0.3, -0.25) is 4.18 Å². The van der Waals surface area contributed by atoms with E-state index in [-0.39, 0.29) is 5.41 Å². The van der Waals surface area contributed by atoms with E-state index in [4.69, 9.17) is 0 Å². The molecule has 1 aliphatic rings. The maximum Gasteiger partial charge on any atom is 0.523 e. The van der Waals surface area contributed by atoms with Crippen LogP contribution in [0.1, 0.15) is 43.0 Å². The number of rotatable bonds is 4. The summed E-state index contributed by atoms with van der Waals surface area (Å²) in [6, 6.07) is 18.9. The molecule has 0 radical (unpaired) electrons. The lowest BCUT2D eigenvalue weighted by atomic mass is 9.81. The summed E-state index contributed by atoms with van der Waals surface area (Å²) in [5, 5.41) is 2.09. The van der Waals surface area contributed by atoms with E-state index in [1.165, 1.54) is 0 Å². The first kappa shape index (κ1) is 21.6. The monoisotopic (exact) mass is 446 g/mol. The molecule has 1 aliphatic carbocycles. The van der Waals surface area contributed by atoms with Gasteiger partial charge in [-0.2, -0.15) is 21.6 Å². The van der Waals surface area contributed by atoms with Gasteiger partial charge in [-0.1, -0.05) is 80.1 Å². The second kappa shape index (κ2) is 7.21. The standard InChI is InChI=1S/C24H21F3O3S/c1-15-21(19-11-7-5-9-17(19)14-30-31(28,29)24(25,26)27)22-18-10-6-4-8-16(18)12-13-20(22)23(15,2)3/h4-13H,14H2,1-3H3. The van der Waals surface area contributed by atoms with Crippen molar-refractivity contribution in [1.29, 1.82) is 0 Å². The third-order valence-electron chi connectivity index (χ3n) is 6.10. The summed E-state index contributed by atoms with van der Waals surface area (Å²) in [5.41, 5.74) is -0.605. The Labute approximate surface area is 179 Å². The molecule has 0 unspecified atom stereocenters. The van der Waals surface area contributed by atoms with Crippen LogP contribution in [-0.4, -0.2) is 13.9 Å². The van der Waals surface area contributed by atoms with Gasteiger partial charge in [0, 0.05) is 5.41 Å². The second-order valence-corrected chi connectivity index (χ2v) is 9.76. The molecule has 0 amide bonds. The van der Waals surface area contributed by atoms with Gasteiger partial charge in [0.2, 0.25) is 0 Å². The number of benzene rings is 3. The Morgan fingerprint density at radius 2 is 1.58 bits per heavy atom. The van der Waals surface area contributed by atoms with Crippen molar-refractivity contribution in [2.24, 2.45) is 0 Å². The molecule has 0 saturated heterocycles. The molecule has 0 saturated carbocycles. The zero-order valence-electron chi connectivity index (χ0n) is 17.2. The predicted molar refractivity (Wildman–Crippen MR) is 115 cm³/mol. The molecule has 162 valence electrons. The number of hydrogen-bond acceptors (Lipinski definition) is 3. The number of allylic oxidation sites excluding steroid dienone is 1. The van der Waals surface area contributed by atoms with E-state index in [1.54, 1.807) is 24.3 Å². The van der Waals surface area contributed by atoms with E-state index in [9.17, 15) is 21.6 Å². The highest BCUT2D eigenvalue weighted by Crippen LogP contribution is 2.51. The van der Waals surface area contributed by atoms with Crippen molar-refractivity contribution in [2.75, 3.05) is 0 Å². The summed E-state index contributed by atoms with van der Waals surface area (Å²) in [7, 11) is -5.68. The first-order valence-electron chi connectivity index (χ1n) is 9.73. The van der Waals surface area contributed by atoms with Crippen LogP contribution in [-0.2, 0) is 26.3 Å². The molecule has 0 aliphatic heterocycles. The first-order valence-corrected chi connectivity index (χ1v) is 11.1. The van der Waals surface area contributed by atoms with Gasteiger partial charge in [0.1, 0.15) is 0 Å². The smallest absolute Gasteiger partial charge is 0.258 e. The summed E-state index contributed by atoms with van der Waals surface area (Å²) in [6.45, 7) is 5.52. The minimum Gasteiger partial charge on any atom is -0.258 e. The molecule has 0 N–H and O–H groups in total. The number of halogens is 3. The molecule has 0 fully saturated rings. The lowest BCUT2D eigenvalue weighted by Crippen LogP contribution is -2.25. The van der Waals surface area contributed by atoms with E-state index >= 15 is 0 Å². The van der Waals surface area contributed by atoms with Gasteiger partial charge in [0.25, 0.3) is 0 Å². The highest BCUT2D eigenvalue weighted by Gasteiger charge is 2.47. The van der Waals surface area contributed by atoms with Crippen molar-refractivity contribution in [3.63, 3.8) is 0 Å². The molecule has 3 aromatic rings. The summed E-state index contributed by atoms with van der Waals surface area (Å²) >= 11 is 0. The van der Waals surface area contributed by atoms with Crippen LogP contribution in [0, 0.1) is 0 Å². The first-order chi connectivity index (χ1) is 14.4. The third-order valence-corrected chi connectivity index (χ3v) is 7.10. The van der Waals surface area contributed by atoms with E-state index in [0.29, 0.717) is 11.1 Å². The van der Waals surface area contributed by atoms with Crippen molar-refractivity contribution >= 4 is 26.5 Å². The SMILES string of the molecule is CC1=C(c2ccccc2COS(=O)(=O)C(F)(F)F)c2c(ccc3ccccc23)C1(C)C. The lowest BCUT2D eigenvalue weighted by Gasteiger charge is -2.22. The van der Waals surface area contributed by atoms with Gasteiger partial charge in [-0.25, -0.2) is 0 Å². The molecular formula is C24H21F3O3S. The molecule has 0 bridgehead atoms. The third kappa shape index (κ3) is 3.46. The van der Waals surface area contributed by atoms with Crippen molar-refractivity contribution < 1.29 is 25.8 Å². The molecule has 0 atom stereocenters. The molecule has 0 spiro atoms. The van der Waals surface area contributed by atoms with Crippen molar-refractivity contribution in [2.45, 2.75) is 38.3 Å². The topological polar surface area (TPSA) is 43.4 Å². The average Bonchev–Trinajstić information content (AvgIpc) is 2.92. The molecular weight excluding hydrogens is 425 g/mol. The lowest BCUT2D eigenvalue weighted by molar-refractivity contribution is -0.0547. The number of hydrogen-bond donors (Lipinski definition) is 0. The zero-order valence-corrected chi connectivity index (χ0v) is 18.1. The van der Waals surface area contributed by atoms with Crippen molar-refractivity contribution in [1.82, 2.24) is 0 Å². The zero-order chi connectivity index (χ0) is 22.6. The van der Waals surface area contributed by atoms with Crippen LogP contribution in [0.3, 0.4) is 0 Å². The van der Waals surface area contributed by atoms with Crippen LogP contribution in [0.2, 0.25) is 0 Å². The maximum atomic E-state index is 12.8. The summed E-state index contributed by atoms with van der Waals surface area (Å²) < 4.78 is 65.5. The number of alkyl halides is 3. The quantitative estimate of drug-likeness (QED) is 0.348. The van der Waals surface area contributed by atoms with Crippen molar-refractivity contribution in [3.05, 3.63) is 88.5 Å². The molecule has 31 heavy (non-hydrogen) atoms. The molecule has 4 rings (SSSR count). The fraction of sp³-hybridized carbons (Fsp3) is 0.250. The minimum atomic E-state index is -5.68. The molecule has 7 heteroatoms.